The predicted molar refractivity (Wildman–Crippen MR) is 77.5 cm³/mol. The summed E-state index contributed by atoms with van der Waals surface area (Å²) in [5, 5.41) is 7.67. The van der Waals surface area contributed by atoms with E-state index in [-0.39, 0.29) is 12.0 Å². The molecule has 114 valence electrons. The zero-order chi connectivity index (χ0) is 15.0. The van der Waals surface area contributed by atoms with Gasteiger partial charge < -0.3 is 10.1 Å². The maximum Gasteiger partial charge on any atom is 0.325 e. The van der Waals surface area contributed by atoms with Crippen LogP contribution >= 0.6 is 0 Å². The Hall–Kier alpha value is -1.43. The number of rotatable bonds is 9. The summed E-state index contributed by atoms with van der Waals surface area (Å²) in [7, 11) is 0. The fourth-order valence-corrected chi connectivity index (χ4v) is 1.94. The van der Waals surface area contributed by atoms with Gasteiger partial charge in [0.05, 0.1) is 13.2 Å². The van der Waals surface area contributed by atoms with Crippen LogP contribution in [0.3, 0.4) is 0 Å². The average Bonchev–Trinajstić information content (AvgIpc) is 2.85. The molecule has 1 N–H and O–H groups in total. The van der Waals surface area contributed by atoms with E-state index < -0.39 is 0 Å². The molecule has 6 heteroatoms. The summed E-state index contributed by atoms with van der Waals surface area (Å²) in [5.41, 5.74) is 0. The molecule has 1 aromatic heterocycles. The van der Waals surface area contributed by atoms with Crippen molar-refractivity contribution in [2.75, 3.05) is 13.2 Å². The first kappa shape index (κ1) is 16.6. The van der Waals surface area contributed by atoms with Gasteiger partial charge in [0.2, 0.25) is 0 Å². The number of nitrogens with one attached hydrogen (secondary N) is 1. The third-order valence-corrected chi connectivity index (χ3v) is 2.99. The largest absolute Gasteiger partial charge is 0.465 e. The fourth-order valence-electron chi connectivity index (χ4n) is 1.94. The van der Waals surface area contributed by atoms with Crippen LogP contribution in [0.5, 0.6) is 0 Å². The Morgan fingerprint density at radius 2 is 2.05 bits per heavy atom. The second kappa shape index (κ2) is 8.68. The maximum absolute atomic E-state index is 12.0. The van der Waals surface area contributed by atoms with Crippen LogP contribution in [0.4, 0.5) is 0 Å². The topological polar surface area (TPSA) is 69.0 Å². The molecule has 0 radical (unpaired) electrons. The summed E-state index contributed by atoms with van der Waals surface area (Å²) in [6.45, 7) is 9.58. The SMILES string of the molecule is CCCNC(Cn1nc(CC)nc1CC)C(=O)OCC. The van der Waals surface area contributed by atoms with Crippen LogP contribution in [0, 0.1) is 0 Å². The number of aromatic nitrogens is 3. The Kier molecular flexibility index (Phi) is 7.22. The van der Waals surface area contributed by atoms with Gasteiger partial charge in [-0.15, -0.1) is 0 Å². The summed E-state index contributed by atoms with van der Waals surface area (Å²) in [4.78, 5) is 16.4. The Labute approximate surface area is 120 Å². The average molecular weight is 282 g/mol. The summed E-state index contributed by atoms with van der Waals surface area (Å²) in [6.07, 6.45) is 2.57. The number of ether oxygens (including phenoxy) is 1. The van der Waals surface area contributed by atoms with E-state index in [1.165, 1.54) is 0 Å². The monoisotopic (exact) mass is 282 g/mol. The molecule has 0 bridgehead atoms. The molecule has 20 heavy (non-hydrogen) atoms. The number of hydrogen-bond donors (Lipinski definition) is 1. The van der Waals surface area contributed by atoms with E-state index in [1.807, 2.05) is 25.5 Å². The Bertz CT molecular complexity index is 417. The third-order valence-electron chi connectivity index (χ3n) is 2.99. The van der Waals surface area contributed by atoms with Gasteiger partial charge in [-0.2, -0.15) is 5.10 Å². The van der Waals surface area contributed by atoms with Crippen LogP contribution in [-0.2, 0) is 28.9 Å². The zero-order valence-electron chi connectivity index (χ0n) is 13.0. The van der Waals surface area contributed by atoms with Crippen LogP contribution in [0.25, 0.3) is 0 Å². The number of esters is 1. The molecule has 0 aliphatic carbocycles. The normalized spacial score (nSPS) is 12.4. The lowest BCUT2D eigenvalue weighted by molar-refractivity contribution is -0.146. The van der Waals surface area contributed by atoms with Gasteiger partial charge in [-0.25, -0.2) is 9.67 Å². The number of carbonyl (C=O) groups is 1. The molecule has 0 fully saturated rings. The quantitative estimate of drug-likeness (QED) is 0.692. The van der Waals surface area contributed by atoms with Crippen molar-refractivity contribution < 1.29 is 9.53 Å². The van der Waals surface area contributed by atoms with Crippen molar-refractivity contribution in [3.63, 3.8) is 0 Å². The first-order chi connectivity index (χ1) is 9.65. The smallest absolute Gasteiger partial charge is 0.325 e. The van der Waals surface area contributed by atoms with Gasteiger partial charge in [0.1, 0.15) is 11.9 Å². The van der Waals surface area contributed by atoms with E-state index in [2.05, 4.69) is 22.3 Å². The molecule has 1 heterocycles. The van der Waals surface area contributed by atoms with Crippen LogP contribution in [0.2, 0.25) is 0 Å². The highest BCUT2D eigenvalue weighted by molar-refractivity contribution is 5.75. The van der Waals surface area contributed by atoms with Crippen LogP contribution in [0.1, 0.15) is 45.8 Å². The van der Waals surface area contributed by atoms with E-state index in [9.17, 15) is 4.79 Å². The van der Waals surface area contributed by atoms with Crippen molar-refractivity contribution in [2.24, 2.45) is 0 Å². The Morgan fingerprint density at radius 3 is 2.60 bits per heavy atom. The van der Waals surface area contributed by atoms with Crippen molar-refractivity contribution in [1.29, 1.82) is 0 Å². The predicted octanol–water partition coefficient (Wildman–Crippen LogP) is 1.33. The Balaban J connectivity index is 2.81. The third kappa shape index (κ3) is 4.59. The molecule has 0 aliphatic heterocycles. The van der Waals surface area contributed by atoms with Crippen molar-refractivity contribution >= 4 is 5.97 Å². The molecule has 1 unspecified atom stereocenters. The van der Waals surface area contributed by atoms with Crippen molar-refractivity contribution in [3.8, 4) is 0 Å². The van der Waals surface area contributed by atoms with Gasteiger partial charge >= 0.3 is 5.97 Å². The molecular weight excluding hydrogens is 256 g/mol. The lowest BCUT2D eigenvalue weighted by Gasteiger charge is -2.17. The van der Waals surface area contributed by atoms with Crippen molar-refractivity contribution in [2.45, 2.75) is 59.5 Å². The highest BCUT2D eigenvalue weighted by Gasteiger charge is 2.21. The molecule has 0 amide bonds. The molecule has 1 atom stereocenters. The molecule has 0 saturated heterocycles. The second-order valence-corrected chi connectivity index (χ2v) is 4.59. The summed E-state index contributed by atoms with van der Waals surface area (Å²) >= 11 is 0. The minimum atomic E-state index is -0.369. The Morgan fingerprint density at radius 1 is 1.30 bits per heavy atom. The zero-order valence-corrected chi connectivity index (χ0v) is 13.0. The van der Waals surface area contributed by atoms with Crippen molar-refractivity contribution in [3.05, 3.63) is 11.6 Å². The van der Waals surface area contributed by atoms with E-state index >= 15 is 0 Å². The standard InChI is InChI=1S/C14H26N4O2/c1-5-9-15-11(14(19)20-8-4)10-18-13(7-3)16-12(6-2)17-18/h11,15H,5-10H2,1-4H3. The van der Waals surface area contributed by atoms with Gasteiger partial charge in [-0.05, 0) is 19.9 Å². The molecule has 0 aliphatic rings. The highest BCUT2D eigenvalue weighted by Crippen LogP contribution is 2.04. The molecule has 0 spiro atoms. The molecule has 1 aromatic rings. The van der Waals surface area contributed by atoms with Crippen LogP contribution in [-0.4, -0.2) is 39.9 Å². The fraction of sp³-hybridized carbons (Fsp3) is 0.786. The summed E-state index contributed by atoms with van der Waals surface area (Å²) < 4.78 is 6.94. The minimum Gasteiger partial charge on any atom is -0.465 e. The van der Waals surface area contributed by atoms with Crippen LogP contribution < -0.4 is 5.32 Å². The second-order valence-electron chi connectivity index (χ2n) is 4.59. The number of aryl methyl sites for hydroxylation is 2. The van der Waals surface area contributed by atoms with E-state index in [1.54, 1.807) is 0 Å². The van der Waals surface area contributed by atoms with E-state index in [4.69, 9.17) is 4.74 Å². The number of hydrogen-bond acceptors (Lipinski definition) is 5. The van der Waals surface area contributed by atoms with Gasteiger partial charge in [0, 0.05) is 12.8 Å². The van der Waals surface area contributed by atoms with Gasteiger partial charge in [0.15, 0.2) is 5.82 Å². The van der Waals surface area contributed by atoms with Crippen molar-refractivity contribution in [1.82, 2.24) is 20.1 Å². The maximum atomic E-state index is 12.0. The van der Waals surface area contributed by atoms with Gasteiger partial charge in [-0.1, -0.05) is 20.8 Å². The highest BCUT2D eigenvalue weighted by atomic mass is 16.5. The first-order valence-corrected chi connectivity index (χ1v) is 7.48. The lowest BCUT2D eigenvalue weighted by Crippen LogP contribution is -2.42. The van der Waals surface area contributed by atoms with Crippen LogP contribution in [0.15, 0.2) is 0 Å². The summed E-state index contributed by atoms with van der Waals surface area (Å²) in [6, 6.07) is -0.369. The first-order valence-electron chi connectivity index (χ1n) is 7.48. The molecule has 0 saturated carbocycles. The van der Waals surface area contributed by atoms with E-state index in [0.29, 0.717) is 13.2 Å². The van der Waals surface area contributed by atoms with Gasteiger partial charge in [-0.3, -0.25) is 4.79 Å². The minimum absolute atomic E-state index is 0.225. The van der Waals surface area contributed by atoms with Gasteiger partial charge in [0.25, 0.3) is 0 Å². The molecule has 0 aromatic carbocycles. The molecule has 6 nitrogen and oxygen atoms in total. The van der Waals surface area contributed by atoms with E-state index in [0.717, 1.165) is 37.5 Å². The number of nitrogens with zero attached hydrogens (tertiary/aromatic N) is 3. The lowest BCUT2D eigenvalue weighted by atomic mass is 10.2. The summed E-state index contributed by atoms with van der Waals surface area (Å²) in [5.74, 6) is 1.51. The molecular formula is C14H26N4O2. The molecule has 1 rings (SSSR count). The number of carbonyl (C=O) groups excluding carboxylic acids is 1.